The van der Waals surface area contributed by atoms with Crippen LogP contribution in [0, 0.1) is 0 Å². The van der Waals surface area contributed by atoms with Crippen molar-refractivity contribution in [1.29, 1.82) is 0 Å². The molecule has 13 heavy (non-hydrogen) atoms. The number of aromatic nitrogens is 1. The molecule has 70 valence electrons. The summed E-state index contributed by atoms with van der Waals surface area (Å²) in [6.07, 6.45) is 2.52. The Morgan fingerprint density at radius 1 is 1.31 bits per heavy atom. The molecule has 2 rings (SSSR count). The lowest BCUT2D eigenvalue weighted by Gasteiger charge is -1.92. The van der Waals surface area contributed by atoms with Crippen LogP contribution in [0.3, 0.4) is 0 Å². The first-order valence-corrected chi connectivity index (χ1v) is 4.72. The molecule has 0 radical (unpaired) electrons. The summed E-state index contributed by atoms with van der Waals surface area (Å²) in [5.41, 5.74) is 3.11. The van der Waals surface area contributed by atoms with Gasteiger partial charge >= 0.3 is 0 Å². The lowest BCUT2D eigenvalue weighted by molar-refractivity contribution is 0.602. The van der Waals surface area contributed by atoms with E-state index < -0.39 is 0 Å². The number of rotatable bonds is 1. The van der Waals surface area contributed by atoms with Gasteiger partial charge in [-0.15, -0.1) is 0 Å². The van der Waals surface area contributed by atoms with Crippen LogP contribution in [-0.4, -0.2) is 4.98 Å². The summed E-state index contributed by atoms with van der Waals surface area (Å²) in [6, 6.07) is 6.08. The highest BCUT2D eigenvalue weighted by Crippen LogP contribution is 2.13. The first-order chi connectivity index (χ1) is 6.40. The molecule has 1 aromatic heterocycles. The molecule has 0 amide bonds. The maximum absolute atomic E-state index is 5.11. The lowest BCUT2D eigenvalue weighted by atomic mass is 10.1. The second kappa shape index (κ2) is 4.65. The zero-order valence-corrected chi connectivity index (χ0v) is 8.37. The van der Waals surface area contributed by atoms with Crippen molar-refractivity contribution in [1.82, 2.24) is 4.98 Å². The summed E-state index contributed by atoms with van der Waals surface area (Å²) < 4.78 is 5.11. The molecule has 2 nitrogen and oxygen atoms in total. The largest absolute Gasteiger partial charge is 0.443 e. The number of benzene rings is 1. The predicted molar refractivity (Wildman–Crippen MR) is 54.7 cm³/mol. The minimum atomic E-state index is 0.863. The molecule has 0 fully saturated rings. The maximum Gasteiger partial charge on any atom is 0.181 e. The molecule has 0 spiro atoms. The topological polar surface area (TPSA) is 26.0 Å². The summed E-state index contributed by atoms with van der Waals surface area (Å²) in [5.74, 6) is 0. The Balaban J connectivity index is 0.000000396. The van der Waals surface area contributed by atoms with E-state index in [9.17, 15) is 0 Å². The fraction of sp³-hybridized carbons (Fsp3) is 0.364. The molecule has 2 heteroatoms. The molecule has 2 aromatic rings. The van der Waals surface area contributed by atoms with E-state index in [0.717, 1.165) is 17.5 Å². The number of oxazole rings is 1. The van der Waals surface area contributed by atoms with Crippen LogP contribution >= 0.6 is 0 Å². The van der Waals surface area contributed by atoms with Crippen molar-refractivity contribution in [3.8, 4) is 0 Å². The van der Waals surface area contributed by atoms with Gasteiger partial charge in [-0.2, -0.15) is 0 Å². The number of hydrogen-bond donors (Lipinski definition) is 0. The van der Waals surface area contributed by atoms with Crippen molar-refractivity contribution in [3.63, 3.8) is 0 Å². The van der Waals surface area contributed by atoms with Crippen LogP contribution in [-0.2, 0) is 6.42 Å². The average molecular weight is 177 g/mol. The summed E-state index contributed by atoms with van der Waals surface area (Å²) >= 11 is 0. The van der Waals surface area contributed by atoms with E-state index in [-0.39, 0.29) is 0 Å². The first kappa shape index (κ1) is 9.78. The van der Waals surface area contributed by atoms with Crippen LogP contribution in [0.25, 0.3) is 11.1 Å². The summed E-state index contributed by atoms with van der Waals surface area (Å²) in [5, 5.41) is 0. The van der Waals surface area contributed by atoms with E-state index in [0.29, 0.717) is 0 Å². The van der Waals surface area contributed by atoms with Crippen LogP contribution in [0.1, 0.15) is 26.3 Å². The van der Waals surface area contributed by atoms with E-state index in [1.165, 1.54) is 12.0 Å². The maximum atomic E-state index is 5.11. The normalized spacial score (nSPS) is 9.46. The molecule has 0 N–H and O–H groups in total. The second-order valence-electron chi connectivity index (χ2n) is 2.51. The van der Waals surface area contributed by atoms with Crippen molar-refractivity contribution in [2.45, 2.75) is 27.2 Å². The zero-order chi connectivity index (χ0) is 9.68. The monoisotopic (exact) mass is 177 g/mol. The van der Waals surface area contributed by atoms with Gasteiger partial charge < -0.3 is 4.42 Å². The lowest BCUT2D eigenvalue weighted by Crippen LogP contribution is -1.77. The van der Waals surface area contributed by atoms with E-state index in [1.54, 1.807) is 0 Å². The summed E-state index contributed by atoms with van der Waals surface area (Å²) in [7, 11) is 0. The number of fused-ring (bicyclic) bond motifs is 1. The fourth-order valence-electron chi connectivity index (χ4n) is 1.12. The van der Waals surface area contributed by atoms with Gasteiger partial charge in [-0.25, -0.2) is 4.98 Å². The minimum absolute atomic E-state index is 0.863. The van der Waals surface area contributed by atoms with Crippen LogP contribution in [0.15, 0.2) is 29.0 Å². The molecular formula is C11H15NO. The van der Waals surface area contributed by atoms with Gasteiger partial charge in [0.05, 0.1) is 0 Å². The minimum Gasteiger partial charge on any atom is -0.443 e. The highest BCUT2D eigenvalue weighted by atomic mass is 16.3. The Kier molecular flexibility index (Phi) is 3.50. The third kappa shape index (κ3) is 2.08. The van der Waals surface area contributed by atoms with Gasteiger partial charge in [-0.1, -0.05) is 26.8 Å². The van der Waals surface area contributed by atoms with Crippen LogP contribution < -0.4 is 0 Å². The molecule has 1 aromatic carbocycles. The Morgan fingerprint density at radius 3 is 2.77 bits per heavy atom. The fourth-order valence-corrected chi connectivity index (χ4v) is 1.12. The van der Waals surface area contributed by atoms with Gasteiger partial charge in [-0.05, 0) is 24.1 Å². The van der Waals surface area contributed by atoms with Crippen molar-refractivity contribution in [2.24, 2.45) is 0 Å². The van der Waals surface area contributed by atoms with Gasteiger partial charge in [-0.3, -0.25) is 0 Å². The Morgan fingerprint density at radius 2 is 2.08 bits per heavy atom. The van der Waals surface area contributed by atoms with E-state index in [2.05, 4.69) is 24.0 Å². The highest BCUT2D eigenvalue weighted by Gasteiger charge is 1.97. The quantitative estimate of drug-likeness (QED) is 0.667. The molecule has 0 aliphatic heterocycles. The van der Waals surface area contributed by atoms with E-state index in [1.807, 2.05) is 19.9 Å². The molecule has 0 unspecified atom stereocenters. The number of hydrogen-bond acceptors (Lipinski definition) is 2. The summed E-state index contributed by atoms with van der Waals surface area (Å²) in [4.78, 5) is 4.06. The molecule has 0 atom stereocenters. The SMILES string of the molecule is CC.CCc1ccc2ocnc2c1. The molecule has 0 saturated heterocycles. The van der Waals surface area contributed by atoms with Gasteiger partial charge in [0.2, 0.25) is 0 Å². The first-order valence-electron chi connectivity index (χ1n) is 4.72. The molecule has 0 bridgehead atoms. The van der Waals surface area contributed by atoms with Gasteiger partial charge in [0.25, 0.3) is 0 Å². The third-order valence-corrected chi connectivity index (χ3v) is 1.80. The molecule has 1 heterocycles. The Bertz CT molecular complexity index is 365. The predicted octanol–water partition coefficient (Wildman–Crippen LogP) is 3.42. The van der Waals surface area contributed by atoms with Crippen LogP contribution in [0.4, 0.5) is 0 Å². The van der Waals surface area contributed by atoms with Gasteiger partial charge in [0, 0.05) is 0 Å². The highest BCUT2D eigenvalue weighted by molar-refractivity contribution is 5.72. The van der Waals surface area contributed by atoms with E-state index in [4.69, 9.17) is 4.42 Å². The van der Waals surface area contributed by atoms with Crippen molar-refractivity contribution >= 4 is 11.1 Å². The number of nitrogens with zero attached hydrogens (tertiary/aromatic N) is 1. The van der Waals surface area contributed by atoms with Crippen molar-refractivity contribution < 1.29 is 4.42 Å². The Hall–Kier alpha value is -1.31. The molecule has 0 aliphatic rings. The second-order valence-corrected chi connectivity index (χ2v) is 2.51. The standard InChI is InChI=1S/C9H9NO.C2H6/c1-2-7-3-4-9-8(5-7)10-6-11-9;1-2/h3-6H,2H2,1H3;1-2H3. The van der Waals surface area contributed by atoms with Crippen LogP contribution in [0.2, 0.25) is 0 Å². The zero-order valence-electron chi connectivity index (χ0n) is 8.37. The third-order valence-electron chi connectivity index (χ3n) is 1.80. The van der Waals surface area contributed by atoms with Crippen LogP contribution in [0.5, 0.6) is 0 Å². The molecular weight excluding hydrogens is 162 g/mol. The van der Waals surface area contributed by atoms with Gasteiger partial charge in [0.15, 0.2) is 12.0 Å². The number of aryl methyl sites for hydroxylation is 1. The molecule has 0 saturated carbocycles. The Labute approximate surface area is 78.6 Å². The smallest absolute Gasteiger partial charge is 0.181 e. The van der Waals surface area contributed by atoms with Crippen molar-refractivity contribution in [3.05, 3.63) is 30.2 Å². The average Bonchev–Trinajstić information content (AvgIpc) is 2.67. The van der Waals surface area contributed by atoms with E-state index >= 15 is 0 Å². The van der Waals surface area contributed by atoms with Crippen molar-refractivity contribution in [2.75, 3.05) is 0 Å². The summed E-state index contributed by atoms with van der Waals surface area (Å²) in [6.45, 7) is 6.13. The van der Waals surface area contributed by atoms with Gasteiger partial charge in [0.1, 0.15) is 5.52 Å². The molecule has 0 aliphatic carbocycles.